The van der Waals surface area contributed by atoms with Gasteiger partial charge in [-0.2, -0.15) is 0 Å². The molecule has 0 aliphatic rings. The molecule has 0 bridgehead atoms. The lowest BCUT2D eigenvalue weighted by molar-refractivity contribution is -0.142. The van der Waals surface area contributed by atoms with Crippen molar-refractivity contribution in [1.29, 1.82) is 0 Å². The van der Waals surface area contributed by atoms with E-state index in [0.29, 0.717) is 6.42 Å². The monoisotopic (exact) mass is 341 g/mol. The summed E-state index contributed by atoms with van der Waals surface area (Å²) in [5.41, 5.74) is 9.26. The second-order valence-electron chi connectivity index (χ2n) is 6.12. The molecule has 25 heavy (non-hydrogen) atoms. The number of hydrogen-bond donors (Lipinski definition) is 2. The highest BCUT2D eigenvalue weighted by Gasteiger charge is 2.13. The maximum Gasteiger partial charge on any atom is 0.322 e. The van der Waals surface area contributed by atoms with Gasteiger partial charge in [-0.05, 0) is 55.4 Å². The molecule has 1 unspecified atom stereocenters. The van der Waals surface area contributed by atoms with E-state index in [1.807, 2.05) is 31.3 Å². The number of nitrogens with one attached hydrogen (secondary N) is 1. The van der Waals surface area contributed by atoms with Crippen LogP contribution >= 0.6 is 0 Å². The Bertz CT molecular complexity index is 671. The maximum atomic E-state index is 11.4. The fraction of sp³-hybridized carbons (Fsp3) is 0.400. The average molecular weight is 341 g/mol. The molecular weight excluding hydrogens is 314 g/mol. The number of methoxy groups -OCH3 is 1. The van der Waals surface area contributed by atoms with Crippen molar-refractivity contribution < 1.29 is 9.53 Å². The molecule has 2 rings (SSSR count). The summed E-state index contributed by atoms with van der Waals surface area (Å²) in [5, 5.41) is 3.06. The van der Waals surface area contributed by atoms with E-state index in [-0.39, 0.29) is 5.97 Å². The number of anilines is 1. The van der Waals surface area contributed by atoms with Gasteiger partial charge in [-0.1, -0.05) is 30.3 Å². The number of pyridine rings is 1. The molecule has 0 spiro atoms. The number of carbonyl (C=O) groups excluding carboxylic acids is 1. The number of nitrogens with zero attached hydrogens (tertiary/aromatic N) is 1. The summed E-state index contributed by atoms with van der Waals surface area (Å²) in [7, 11) is 3.24. The standard InChI is InChI=1S/C20H27N3O2/c1-22-19-9-5-8-17(23-19)7-4-3-6-15-10-12-16(13-11-15)14-18(21)20(24)25-2/h5,8-13,18H,3-4,6-7,14,21H2,1-2H3,(H,22,23). The smallest absolute Gasteiger partial charge is 0.322 e. The van der Waals surface area contributed by atoms with Gasteiger partial charge in [0.05, 0.1) is 7.11 Å². The van der Waals surface area contributed by atoms with Gasteiger partial charge in [0.2, 0.25) is 0 Å². The van der Waals surface area contributed by atoms with Crippen LogP contribution in [0.2, 0.25) is 0 Å². The van der Waals surface area contributed by atoms with Crippen molar-refractivity contribution >= 4 is 11.8 Å². The molecule has 3 N–H and O–H groups in total. The molecule has 134 valence electrons. The van der Waals surface area contributed by atoms with Crippen LogP contribution in [0.1, 0.15) is 29.7 Å². The van der Waals surface area contributed by atoms with Crippen molar-refractivity contribution in [3.8, 4) is 0 Å². The van der Waals surface area contributed by atoms with E-state index in [0.717, 1.165) is 42.8 Å². The van der Waals surface area contributed by atoms with Crippen LogP contribution in [0.15, 0.2) is 42.5 Å². The Morgan fingerprint density at radius 1 is 1.12 bits per heavy atom. The van der Waals surface area contributed by atoms with E-state index < -0.39 is 6.04 Å². The number of rotatable bonds is 9. The molecule has 2 aromatic rings. The summed E-state index contributed by atoms with van der Waals surface area (Å²) in [4.78, 5) is 15.9. The van der Waals surface area contributed by atoms with Crippen molar-refractivity contribution in [3.05, 3.63) is 59.3 Å². The van der Waals surface area contributed by atoms with Crippen molar-refractivity contribution in [2.24, 2.45) is 5.73 Å². The first kappa shape index (κ1) is 18.9. The minimum atomic E-state index is -0.600. The zero-order valence-corrected chi connectivity index (χ0v) is 15.0. The molecule has 0 saturated heterocycles. The first-order chi connectivity index (χ1) is 12.1. The summed E-state index contributed by atoms with van der Waals surface area (Å²) >= 11 is 0. The van der Waals surface area contributed by atoms with E-state index >= 15 is 0 Å². The summed E-state index contributed by atoms with van der Waals surface area (Å²) in [6.45, 7) is 0. The topological polar surface area (TPSA) is 77.2 Å². The molecule has 0 saturated carbocycles. The highest BCUT2D eigenvalue weighted by Crippen LogP contribution is 2.12. The number of unbranched alkanes of at least 4 members (excludes halogenated alkanes) is 1. The molecule has 0 radical (unpaired) electrons. The molecule has 5 heteroatoms. The van der Waals surface area contributed by atoms with Gasteiger partial charge in [0.1, 0.15) is 11.9 Å². The lowest BCUT2D eigenvalue weighted by Gasteiger charge is -2.10. The second kappa shape index (κ2) is 9.79. The van der Waals surface area contributed by atoms with Crippen LogP contribution in [0.4, 0.5) is 5.82 Å². The second-order valence-corrected chi connectivity index (χ2v) is 6.12. The Morgan fingerprint density at radius 3 is 2.48 bits per heavy atom. The molecule has 1 aromatic carbocycles. The van der Waals surface area contributed by atoms with Crippen LogP contribution in [0.25, 0.3) is 0 Å². The van der Waals surface area contributed by atoms with Crippen LogP contribution in [0, 0.1) is 0 Å². The molecule has 1 atom stereocenters. The predicted molar refractivity (Wildman–Crippen MR) is 101 cm³/mol. The largest absolute Gasteiger partial charge is 0.468 e. The zero-order chi connectivity index (χ0) is 18.1. The summed E-state index contributed by atoms with van der Waals surface area (Å²) in [6, 6.07) is 13.8. The van der Waals surface area contributed by atoms with E-state index in [1.165, 1.54) is 12.7 Å². The Labute approximate surface area is 149 Å². The zero-order valence-electron chi connectivity index (χ0n) is 15.0. The minimum Gasteiger partial charge on any atom is -0.468 e. The molecular formula is C20H27N3O2. The first-order valence-electron chi connectivity index (χ1n) is 8.67. The Balaban J connectivity index is 1.75. The van der Waals surface area contributed by atoms with E-state index in [1.54, 1.807) is 0 Å². The number of aryl methyl sites for hydroxylation is 2. The lowest BCUT2D eigenvalue weighted by Crippen LogP contribution is -2.33. The van der Waals surface area contributed by atoms with E-state index in [2.05, 4.69) is 33.2 Å². The number of esters is 1. The molecule has 1 aromatic heterocycles. The van der Waals surface area contributed by atoms with Crippen molar-refractivity contribution in [2.45, 2.75) is 38.1 Å². The number of aromatic nitrogens is 1. The van der Waals surface area contributed by atoms with Gasteiger partial charge in [-0.3, -0.25) is 4.79 Å². The van der Waals surface area contributed by atoms with Gasteiger partial charge in [0, 0.05) is 12.7 Å². The summed E-state index contributed by atoms with van der Waals surface area (Å²) in [5.74, 6) is 0.540. The lowest BCUT2D eigenvalue weighted by atomic mass is 10.0. The van der Waals surface area contributed by atoms with Crippen molar-refractivity contribution in [2.75, 3.05) is 19.5 Å². The van der Waals surface area contributed by atoms with Gasteiger partial charge in [0.25, 0.3) is 0 Å². The van der Waals surface area contributed by atoms with Gasteiger partial charge >= 0.3 is 5.97 Å². The number of carbonyl (C=O) groups is 1. The van der Waals surface area contributed by atoms with Crippen LogP contribution in [-0.2, 0) is 28.8 Å². The van der Waals surface area contributed by atoms with E-state index in [9.17, 15) is 4.79 Å². The first-order valence-corrected chi connectivity index (χ1v) is 8.67. The SMILES string of the molecule is CNc1cccc(CCCCc2ccc(CC(N)C(=O)OC)cc2)n1. The fourth-order valence-electron chi connectivity index (χ4n) is 2.72. The highest BCUT2D eigenvalue weighted by atomic mass is 16.5. The highest BCUT2D eigenvalue weighted by molar-refractivity contribution is 5.75. The van der Waals surface area contributed by atoms with Gasteiger partial charge in [-0.15, -0.1) is 0 Å². The predicted octanol–water partition coefficient (Wildman–Crippen LogP) is 2.73. The third-order valence-corrected chi connectivity index (χ3v) is 4.19. The van der Waals surface area contributed by atoms with Crippen molar-refractivity contribution in [3.63, 3.8) is 0 Å². The van der Waals surface area contributed by atoms with E-state index in [4.69, 9.17) is 5.73 Å². The molecule has 0 aliphatic carbocycles. The molecule has 1 heterocycles. The van der Waals surface area contributed by atoms with Crippen LogP contribution in [0.3, 0.4) is 0 Å². The van der Waals surface area contributed by atoms with Crippen molar-refractivity contribution in [1.82, 2.24) is 4.98 Å². The third-order valence-electron chi connectivity index (χ3n) is 4.19. The fourth-order valence-corrected chi connectivity index (χ4v) is 2.72. The Hall–Kier alpha value is -2.40. The number of benzene rings is 1. The maximum absolute atomic E-state index is 11.4. The van der Waals surface area contributed by atoms with Gasteiger partial charge in [0.15, 0.2) is 0 Å². The Kier molecular flexibility index (Phi) is 7.41. The third kappa shape index (κ3) is 6.19. The van der Waals surface area contributed by atoms with Crippen LogP contribution in [-0.4, -0.2) is 31.2 Å². The number of nitrogens with two attached hydrogens (primary N) is 1. The molecule has 0 amide bonds. The minimum absolute atomic E-state index is 0.375. The Morgan fingerprint density at radius 2 is 1.80 bits per heavy atom. The van der Waals surface area contributed by atoms with Crippen LogP contribution in [0.5, 0.6) is 0 Å². The molecule has 5 nitrogen and oxygen atoms in total. The normalized spacial score (nSPS) is 11.8. The average Bonchev–Trinajstić information content (AvgIpc) is 2.66. The summed E-state index contributed by atoms with van der Waals surface area (Å²) < 4.78 is 4.65. The van der Waals surface area contributed by atoms with Gasteiger partial charge < -0.3 is 15.8 Å². The molecule has 0 fully saturated rings. The van der Waals surface area contributed by atoms with Gasteiger partial charge in [-0.25, -0.2) is 4.98 Å². The quantitative estimate of drug-likeness (QED) is 0.542. The number of ether oxygens (including phenoxy) is 1. The molecule has 0 aliphatic heterocycles. The summed E-state index contributed by atoms with van der Waals surface area (Å²) in [6.07, 6.45) is 4.75. The van der Waals surface area contributed by atoms with Crippen LogP contribution < -0.4 is 11.1 Å². The number of hydrogen-bond acceptors (Lipinski definition) is 5.